The number of halogens is 1. The maximum absolute atomic E-state index is 12.7. The highest BCUT2D eigenvalue weighted by molar-refractivity contribution is 6.17. The Morgan fingerprint density at radius 2 is 1.72 bits per heavy atom. The maximum atomic E-state index is 12.7. The zero-order chi connectivity index (χ0) is 32.7. The Balaban J connectivity index is 1.19. The van der Waals surface area contributed by atoms with Crippen molar-refractivity contribution >= 4 is 40.3 Å². The third kappa shape index (κ3) is 9.86. The van der Waals surface area contributed by atoms with E-state index in [4.69, 9.17) is 31.5 Å². The number of benzene rings is 1. The number of alkyl halides is 1. The number of amides is 2. The number of unbranched alkanes of at least 4 members (excludes halogenated alkanes) is 3. The number of aliphatic hydroxyl groups is 2. The van der Waals surface area contributed by atoms with Gasteiger partial charge in [0.15, 0.2) is 0 Å². The van der Waals surface area contributed by atoms with Crippen LogP contribution < -0.4 is 16.4 Å². The normalized spacial score (nSPS) is 17.5. The van der Waals surface area contributed by atoms with Gasteiger partial charge in [-0.3, -0.25) is 9.59 Å². The SMILES string of the molecule is Nc1ncnc2c1c(C#CCNC(=O)c1ccc(C(=O)NCCOCCOCCCCCCCl)cc1)cn2[C@H]1CC(O)[C@@H](CO)O1. The fraction of sp³-hybridized carbons (Fsp3) is 0.500. The smallest absolute Gasteiger partial charge is 0.252 e. The molecule has 248 valence electrons. The van der Waals surface area contributed by atoms with Crippen LogP contribution in [0.2, 0.25) is 0 Å². The Morgan fingerprint density at radius 1 is 1.02 bits per heavy atom. The number of hydrogen-bond donors (Lipinski definition) is 5. The second-order valence-electron chi connectivity index (χ2n) is 10.7. The molecular weight excluding hydrogens is 616 g/mol. The number of carbonyl (C=O) groups is 2. The lowest BCUT2D eigenvalue weighted by Crippen LogP contribution is -2.28. The van der Waals surface area contributed by atoms with Gasteiger partial charge in [-0.25, -0.2) is 9.97 Å². The molecule has 1 unspecified atom stereocenters. The molecule has 3 heterocycles. The van der Waals surface area contributed by atoms with Crippen LogP contribution in [0.5, 0.6) is 0 Å². The Bertz CT molecular complexity index is 1490. The maximum Gasteiger partial charge on any atom is 0.252 e. The molecule has 3 atom stereocenters. The molecule has 6 N–H and O–H groups in total. The molecule has 13 nitrogen and oxygen atoms in total. The molecule has 0 saturated carbocycles. The van der Waals surface area contributed by atoms with Gasteiger partial charge in [0.25, 0.3) is 11.8 Å². The lowest BCUT2D eigenvalue weighted by Gasteiger charge is -2.14. The Hall–Kier alpha value is -3.77. The van der Waals surface area contributed by atoms with Crippen molar-refractivity contribution in [1.29, 1.82) is 0 Å². The standard InChI is InChI=1S/C32H41ClN6O7/c33-11-3-1-2-4-14-44-16-17-45-15-13-36-32(43)23-9-7-22(8-10-23)31(42)35-12-5-6-24-19-39(27-18-25(41)26(20-40)46-27)30-28(24)29(34)37-21-38-30/h7-10,19,21,25-27,40-41H,1-4,11-18,20H2,(H,35,42)(H,36,43)(H2,34,37,38)/t25?,26-,27-/m1/s1. The topological polar surface area (TPSA) is 183 Å². The highest BCUT2D eigenvalue weighted by Crippen LogP contribution is 2.33. The molecule has 2 aromatic heterocycles. The van der Waals surface area contributed by atoms with E-state index in [0.29, 0.717) is 66.6 Å². The summed E-state index contributed by atoms with van der Waals surface area (Å²) in [5, 5.41) is 25.7. The summed E-state index contributed by atoms with van der Waals surface area (Å²) in [6.45, 7) is 2.15. The van der Waals surface area contributed by atoms with Crippen LogP contribution in [0.1, 0.15) is 64.6 Å². The van der Waals surface area contributed by atoms with Crippen LogP contribution in [0.15, 0.2) is 36.8 Å². The summed E-state index contributed by atoms with van der Waals surface area (Å²) < 4.78 is 18.5. The van der Waals surface area contributed by atoms with Gasteiger partial charge in [0.1, 0.15) is 30.1 Å². The molecule has 3 aromatic rings. The van der Waals surface area contributed by atoms with E-state index in [0.717, 1.165) is 25.7 Å². The van der Waals surface area contributed by atoms with Crippen molar-refractivity contribution < 1.29 is 34.0 Å². The molecule has 1 aliphatic rings. The first kappa shape index (κ1) is 35.1. The van der Waals surface area contributed by atoms with Gasteiger partial charge in [-0.15, -0.1) is 11.6 Å². The molecule has 46 heavy (non-hydrogen) atoms. The summed E-state index contributed by atoms with van der Waals surface area (Å²) >= 11 is 5.66. The summed E-state index contributed by atoms with van der Waals surface area (Å²) in [4.78, 5) is 33.5. The predicted molar refractivity (Wildman–Crippen MR) is 172 cm³/mol. The molecule has 1 aliphatic heterocycles. The van der Waals surface area contributed by atoms with Gasteiger partial charge in [-0.05, 0) is 37.1 Å². The number of nitrogens with zero attached hydrogens (tertiary/aromatic N) is 3. The lowest BCUT2D eigenvalue weighted by atomic mass is 10.1. The number of nitrogen functional groups attached to an aromatic ring is 1. The van der Waals surface area contributed by atoms with Crippen molar-refractivity contribution in [3.05, 3.63) is 53.5 Å². The average Bonchev–Trinajstić information content (AvgIpc) is 3.63. The highest BCUT2D eigenvalue weighted by Gasteiger charge is 2.35. The van der Waals surface area contributed by atoms with Crippen molar-refractivity contribution in [2.45, 2.75) is 50.5 Å². The van der Waals surface area contributed by atoms with Gasteiger partial charge in [0.05, 0.1) is 50.0 Å². The molecule has 1 fully saturated rings. The van der Waals surface area contributed by atoms with Crippen LogP contribution >= 0.6 is 11.6 Å². The molecule has 2 amide bonds. The number of carbonyl (C=O) groups excluding carboxylic acids is 2. The van der Waals surface area contributed by atoms with Crippen LogP contribution in [-0.4, -0.2) is 101 Å². The van der Waals surface area contributed by atoms with Crippen LogP contribution in [-0.2, 0) is 14.2 Å². The van der Waals surface area contributed by atoms with Crippen molar-refractivity contribution in [2.24, 2.45) is 0 Å². The second kappa shape index (κ2) is 18.4. The molecular formula is C32H41ClN6O7. The van der Waals surface area contributed by atoms with E-state index in [1.54, 1.807) is 35.0 Å². The summed E-state index contributed by atoms with van der Waals surface area (Å²) in [7, 11) is 0. The number of rotatable bonds is 17. The summed E-state index contributed by atoms with van der Waals surface area (Å²) in [6.07, 6.45) is 5.51. The van der Waals surface area contributed by atoms with Crippen LogP contribution in [0.4, 0.5) is 5.82 Å². The molecule has 1 aromatic carbocycles. The van der Waals surface area contributed by atoms with Crippen molar-refractivity contribution in [1.82, 2.24) is 25.2 Å². The quantitative estimate of drug-likeness (QED) is 0.0818. The Labute approximate surface area is 272 Å². The largest absolute Gasteiger partial charge is 0.394 e. The number of aromatic nitrogens is 3. The minimum absolute atomic E-state index is 0.0478. The second-order valence-corrected chi connectivity index (χ2v) is 11.0. The number of aliphatic hydroxyl groups excluding tert-OH is 2. The Morgan fingerprint density at radius 3 is 2.41 bits per heavy atom. The van der Waals surface area contributed by atoms with Crippen molar-refractivity contribution in [3.8, 4) is 11.8 Å². The zero-order valence-corrected chi connectivity index (χ0v) is 26.4. The van der Waals surface area contributed by atoms with Gasteiger partial charge in [-0.2, -0.15) is 0 Å². The summed E-state index contributed by atoms with van der Waals surface area (Å²) in [5.74, 6) is 6.25. The Kier molecular flexibility index (Phi) is 14.0. The van der Waals surface area contributed by atoms with Crippen LogP contribution in [0.25, 0.3) is 11.0 Å². The first-order chi connectivity index (χ1) is 22.4. The van der Waals surface area contributed by atoms with Crippen molar-refractivity contribution in [2.75, 3.05) is 57.7 Å². The van der Waals surface area contributed by atoms with Gasteiger partial charge in [-0.1, -0.05) is 24.7 Å². The zero-order valence-electron chi connectivity index (χ0n) is 25.6. The van der Waals surface area contributed by atoms with Gasteiger partial charge < -0.3 is 45.4 Å². The third-order valence-corrected chi connectivity index (χ3v) is 7.65. The highest BCUT2D eigenvalue weighted by atomic mass is 35.5. The van der Waals surface area contributed by atoms with E-state index < -0.39 is 18.4 Å². The number of nitrogens with one attached hydrogen (secondary N) is 2. The van der Waals surface area contributed by atoms with Gasteiger partial charge >= 0.3 is 0 Å². The van der Waals surface area contributed by atoms with Crippen LogP contribution in [0.3, 0.4) is 0 Å². The molecule has 1 saturated heterocycles. The number of hydrogen-bond acceptors (Lipinski definition) is 10. The minimum atomic E-state index is -0.818. The molecule has 0 spiro atoms. The lowest BCUT2D eigenvalue weighted by molar-refractivity contribution is -0.0430. The summed E-state index contributed by atoms with van der Waals surface area (Å²) in [6, 6.07) is 6.31. The van der Waals surface area contributed by atoms with Gasteiger partial charge in [0.2, 0.25) is 0 Å². The molecule has 0 aliphatic carbocycles. The molecule has 0 radical (unpaired) electrons. The monoisotopic (exact) mass is 656 g/mol. The van der Waals surface area contributed by atoms with E-state index in [2.05, 4.69) is 32.4 Å². The number of anilines is 1. The number of ether oxygens (including phenoxy) is 3. The first-order valence-electron chi connectivity index (χ1n) is 15.3. The fourth-order valence-corrected chi connectivity index (χ4v) is 5.11. The minimum Gasteiger partial charge on any atom is -0.394 e. The van der Waals surface area contributed by atoms with Gasteiger partial charge in [0, 0.05) is 42.8 Å². The molecule has 14 heteroatoms. The summed E-state index contributed by atoms with van der Waals surface area (Å²) in [5.41, 5.74) is 7.94. The van der Waals surface area contributed by atoms with Crippen molar-refractivity contribution in [3.63, 3.8) is 0 Å². The fourth-order valence-electron chi connectivity index (χ4n) is 4.92. The number of nitrogens with two attached hydrogens (primary N) is 1. The van der Waals surface area contributed by atoms with E-state index in [9.17, 15) is 19.8 Å². The first-order valence-corrected chi connectivity index (χ1v) is 15.9. The average molecular weight is 657 g/mol. The van der Waals surface area contributed by atoms with E-state index in [1.165, 1.54) is 6.33 Å². The van der Waals surface area contributed by atoms with Crippen LogP contribution in [0, 0.1) is 11.8 Å². The van der Waals surface area contributed by atoms with E-state index in [-0.39, 0.29) is 37.2 Å². The third-order valence-electron chi connectivity index (χ3n) is 7.38. The predicted octanol–water partition coefficient (Wildman–Crippen LogP) is 2.00. The number of fused-ring (bicyclic) bond motifs is 1. The molecule has 0 bridgehead atoms. The van der Waals surface area contributed by atoms with E-state index >= 15 is 0 Å². The van der Waals surface area contributed by atoms with E-state index in [1.807, 2.05) is 0 Å². The molecule has 4 rings (SSSR count).